The summed E-state index contributed by atoms with van der Waals surface area (Å²) in [5.41, 5.74) is 5.67. The summed E-state index contributed by atoms with van der Waals surface area (Å²) in [5, 5.41) is 0.0379. The molecular formula is C12H18Cl2N2O5S2. The van der Waals surface area contributed by atoms with E-state index in [1.54, 1.807) is 6.92 Å². The van der Waals surface area contributed by atoms with E-state index < -0.39 is 25.9 Å². The molecule has 1 aromatic rings. The van der Waals surface area contributed by atoms with Crippen LogP contribution in [0.1, 0.15) is 19.8 Å². The monoisotopic (exact) mass is 404 g/mol. The fraction of sp³-hybridized carbons (Fsp3) is 0.500. The Hall–Kier alpha value is -0.580. The molecule has 0 saturated heterocycles. The second-order valence-corrected chi connectivity index (χ2v) is 9.17. The standard InChI is InChI=1S/C12H18Cl2N2O5S2/c1-2-4-16(5-3-6-22(17,18)19)23(20,21)9-7-10(13)12(15)11(14)8-9/h7-8H,2-6,15H2,1H3,(H,17,18,19). The maximum atomic E-state index is 12.6. The minimum absolute atomic E-state index is 0.0189. The summed E-state index contributed by atoms with van der Waals surface area (Å²) < 4.78 is 56.7. The first-order valence-electron chi connectivity index (χ1n) is 6.69. The van der Waals surface area contributed by atoms with Crippen molar-refractivity contribution in [1.82, 2.24) is 4.31 Å². The smallest absolute Gasteiger partial charge is 0.264 e. The minimum atomic E-state index is -4.14. The van der Waals surface area contributed by atoms with Gasteiger partial charge in [0.25, 0.3) is 10.1 Å². The number of nitrogens with zero attached hydrogens (tertiary/aromatic N) is 1. The van der Waals surface area contributed by atoms with E-state index in [2.05, 4.69) is 0 Å². The molecule has 0 unspecified atom stereocenters. The number of halogens is 2. The van der Waals surface area contributed by atoms with Crippen molar-refractivity contribution in [1.29, 1.82) is 0 Å². The van der Waals surface area contributed by atoms with Crippen molar-refractivity contribution >= 4 is 49.0 Å². The number of hydrogen-bond donors (Lipinski definition) is 2. The van der Waals surface area contributed by atoms with Gasteiger partial charge in [-0.1, -0.05) is 30.1 Å². The highest BCUT2D eigenvalue weighted by Crippen LogP contribution is 2.32. The van der Waals surface area contributed by atoms with Gasteiger partial charge in [-0.15, -0.1) is 0 Å². The topological polar surface area (TPSA) is 118 Å². The fourth-order valence-electron chi connectivity index (χ4n) is 1.88. The Morgan fingerprint density at radius 2 is 1.65 bits per heavy atom. The lowest BCUT2D eigenvalue weighted by atomic mass is 10.3. The maximum absolute atomic E-state index is 12.6. The number of rotatable bonds is 8. The molecule has 11 heteroatoms. The van der Waals surface area contributed by atoms with Crippen LogP contribution in [0, 0.1) is 0 Å². The third-order valence-corrected chi connectivity index (χ3v) is 6.28. The Balaban J connectivity index is 3.09. The highest BCUT2D eigenvalue weighted by atomic mass is 35.5. The third-order valence-electron chi connectivity index (χ3n) is 2.97. The zero-order valence-corrected chi connectivity index (χ0v) is 15.5. The molecule has 0 aliphatic rings. The molecule has 0 radical (unpaired) electrons. The Labute approximate surface area is 146 Å². The Bertz CT molecular complexity index is 743. The average molecular weight is 405 g/mol. The van der Waals surface area contributed by atoms with E-state index in [1.807, 2.05) is 0 Å². The zero-order chi connectivity index (χ0) is 17.8. The molecule has 23 heavy (non-hydrogen) atoms. The average Bonchev–Trinajstić information content (AvgIpc) is 2.41. The van der Waals surface area contributed by atoms with Gasteiger partial charge in [-0.3, -0.25) is 4.55 Å². The van der Waals surface area contributed by atoms with Gasteiger partial charge in [0, 0.05) is 13.1 Å². The zero-order valence-electron chi connectivity index (χ0n) is 12.4. The number of benzene rings is 1. The number of sulfonamides is 1. The van der Waals surface area contributed by atoms with E-state index >= 15 is 0 Å². The Morgan fingerprint density at radius 1 is 1.13 bits per heavy atom. The van der Waals surface area contributed by atoms with E-state index in [0.717, 1.165) is 4.31 Å². The van der Waals surface area contributed by atoms with Crippen LogP contribution >= 0.6 is 23.2 Å². The molecule has 3 N–H and O–H groups in total. The van der Waals surface area contributed by atoms with Crippen LogP contribution < -0.4 is 5.73 Å². The first-order valence-corrected chi connectivity index (χ1v) is 10.5. The summed E-state index contributed by atoms with van der Waals surface area (Å²) in [4.78, 5) is -0.123. The molecule has 7 nitrogen and oxygen atoms in total. The number of nitrogen functional groups attached to an aromatic ring is 1. The summed E-state index contributed by atoms with van der Waals surface area (Å²) in [5.74, 6) is -0.522. The lowest BCUT2D eigenvalue weighted by molar-refractivity contribution is 0.406. The molecule has 0 spiro atoms. The molecule has 0 aliphatic carbocycles. The summed E-state index contributed by atoms with van der Waals surface area (Å²) in [6.45, 7) is 1.91. The van der Waals surface area contributed by atoms with Crippen molar-refractivity contribution in [3.05, 3.63) is 22.2 Å². The van der Waals surface area contributed by atoms with E-state index in [9.17, 15) is 16.8 Å². The molecule has 0 fully saturated rings. The van der Waals surface area contributed by atoms with Crippen LogP contribution in [0.25, 0.3) is 0 Å². The van der Waals surface area contributed by atoms with Gasteiger partial charge in [-0.05, 0) is 25.0 Å². The van der Waals surface area contributed by atoms with Gasteiger partial charge in [0.1, 0.15) is 0 Å². The second kappa shape index (κ2) is 8.00. The highest BCUT2D eigenvalue weighted by Gasteiger charge is 2.25. The lowest BCUT2D eigenvalue weighted by Gasteiger charge is -2.22. The quantitative estimate of drug-likeness (QED) is 0.506. The predicted octanol–water partition coefficient (Wildman–Crippen LogP) is 2.25. The normalized spacial score (nSPS) is 12.7. The van der Waals surface area contributed by atoms with Gasteiger partial charge in [-0.25, -0.2) is 8.42 Å². The van der Waals surface area contributed by atoms with Crippen LogP contribution in [0.4, 0.5) is 5.69 Å². The molecule has 1 aromatic carbocycles. The largest absolute Gasteiger partial charge is 0.396 e. The van der Waals surface area contributed by atoms with Crippen LogP contribution in [0.3, 0.4) is 0 Å². The molecule has 0 amide bonds. The van der Waals surface area contributed by atoms with Gasteiger partial charge < -0.3 is 5.73 Å². The SMILES string of the molecule is CCCN(CCCS(=O)(=O)O)S(=O)(=O)c1cc(Cl)c(N)c(Cl)c1. The van der Waals surface area contributed by atoms with Crippen molar-refractivity contribution < 1.29 is 21.4 Å². The Kier molecular flexibility index (Phi) is 7.12. The van der Waals surface area contributed by atoms with Crippen LogP contribution in [0.2, 0.25) is 10.0 Å². The van der Waals surface area contributed by atoms with Gasteiger partial charge in [0.05, 0.1) is 26.4 Å². The van der Waals surface area contributed by atoms with E-state index in [0.29, 0.717) is 6.42 Å². The predicted molar refractivity (Wildman–Crippen MR) is 91.0 cm³/mol. The lowest BCUT2D eigenvalue weighted by Crippen LogP contribution is -2.33. The van der Waals surface area contributed by atoms with E-state index in [4.69, 9.17) is 33.5 Å². The van der Waals surface area contributed by atoms with Gasteiger partial charge in [-0.2, -0.15) is 12.7 Å². The summed E-state index contributed by atoms with van der Waals surface area (Å²) in [6, 6.07) is 2.40. The molecule has 0 atom stereocenters. The Morgan fingerprint density at radius 3 is 2.09 bits per heavy atom. The first-order chi connectivity index (χ1) is 10.5. The fourth-order valence-corrected chi connectivity index (χ4v) is 4.62. The van der Waals surface area contributed by atoms with Gasteiger partial charge >= 0.3 is 0 Å². The maximum Gasteiger partial charge on any atom is 0.264 e. The summed E-state index contributed by atoms with van der Waals surface area (Å²) >= 11 is 11.7. The van der Waals surface area contributed by atoms with Crippen molar-refractivity contribution in [2.75, 3.05) is 24.6 Å². The molecule has 0 bridgehead atoms. The molecule has 1 rings (SSSR count). The molecule has 0 aromatic heterocycles. The van der Waals surface area contributed by atoms with Gasteiger partial charge in [0.15, 0.2) is 0 Å². The van der Waals surface area contributed by atoms with Crippen molar-refractivity contribution in [3.8, 4) is 0 Å². The number of nitrogens with two attached hydrogens (primary N) is 1. The number of hydrogen-bond acceptors (Lipinski definition) is 5. The summed E-state index contributed by atoms with van der Waals surface area (Å²) in [7, 11) is -8.05. The van der Waals surface area contributed by atoms with Crippen molar-refractivity contribution in [3.63, 3.8) is 0 Å². The van der Waals surface area contributed by atoms with E-state index in [1.165, 1.54) is 12.1 Å². The highest BCUT2D eigenvalue weighted by molar-refractivity contribution is 7.89. The molecule has 132 valence electrons. The molecule has 0 aliphatic heterocycles. The first kappa shape index (κ1) is 20.5. The van der Waals surface area contributed by atoms with E-state index in [-0.39, 0.29) is 40.1 Å². The number of anilines is 1. The van der Waals surface area contributed by atoms with Crippen LogP contribution in [0.15, 0.2) is 17.0 Å². The van der Waals surface area contributed by atoms with Crippen LogP contribution in [0.5, 0.6) is 0 Å². The summed E-state index contributed by atoms with van der Waals surface area (Å²) in [6.07, 6.45) is 0.496. The molecule has 0 heterocycles. The second-order valence-electron chi connectivity index (χ2n) is 4.84. The van der Waals surface area contributed by atoms with Crippen LogP contribution in [-0.2, 0) is 20.1 Å². The molecular weight excluding hydrogens is 387 g/mol. The van der Waals surface area contributed by atoms with Crippen molar-refractivity contribution in [2.24, 2.45) is 0 Å². The van der Waals surface area contributed by atoms with Crippen molar-refractivity contribution in [2.45, 2.75) is 24.7 Å². The third kappa shape index (κ3) is 5.77. The van der Waals surface area contributed by atoms with Gasteiger partial charge in [0.2, 0.25) is 10.0 Å². The molecule has 0 saturated carbocycles. The van der Waals surface area contributed by atoms with Crippen LogP contribution in [-0.4, -0.2) is 44.5 Å². The minimum Gasteiger partial charge on any atom is -0.396 e.